The van der Waals surface area contributed by atoms with E-state index < -0.39 is 17.8 Å². The number of carbonyl (C=O) groups is 2. The molecule has 1 amide bonds. The number of carboxylic acids is 1. The summed E-state index contributed by atoms with van der Waals surface area (Å²) in [4.78, 5) is 28.3. The van der Waals surface area contributed by atoms with E-state index in [9.17, 15) is 22.8 Å². The van der Waals surface area contributed by atoms with Gasteiger partial charge in [0.05, 0.1) is 12.5 Å². The van der Waals surface area contributed by atoms with Crippen molar-refractivity contribution in [3.63, 3.8) is 0 Å². The van der Waals surface area contributed by atoms with E-state index in [2.05, 4.69) is 15.2 Å². The molecule has 130 valence electrons. The smallest absolute Gasteiger partial charge is 0.437 e. The van der Waals surface area contributed by atoms with Gasteiger partial charge in [0, 0.05) is 19.5 Å². The molecule has 1 fully saturated rings. The first kappa shape index (κ1) is 16.4. The summed E-state index contributed by atoms with van der Waals surface area (Å²) < 4.78 is 39.7. The molecule has 1 unspecified atom stereocenters. The number of alkyl halides is 3. The van der Waals surface area contributed by atoms with Crippen LogP contribution in [0.4, 0.5) is 13.2 Å². The van der Waals surface area contributed by atoms with Crippen LogP contribution in [0, 0.1) is 5.92 Å². The summed E-state index contributed by atoms with van der Waals surface area (Å²) in [6, 6.07) is 0. The van der Waals surface area contributed by atoms with E-state index in [-0.39, 0.29) is 37.0 Å². The van der Waals surface area contributed by atoms with Crippen molar-refractivity contribution in [3.05, 3.63) is 18.2 Å². The Morgan fingerprint density at radius 3 is 2.67 bits per heavy atom. The second-order valence-corrected chi connectivity index (χ2v) is 5.92. The summed E-state index contributed by atoms with van der Waals surface area (Å²) in [5.74, 6) is -1.90. The Morgan fingerprint density at radius 1 is 1.38 bits per heavy atom. The van der Waals surface area contributed by atoms with Crippen LogP contribution in [0.15, 0.2) is 22.8 Å². The molecule has 1 aromatic rings. The molecule has 24 heavy (non-hydrogen) atoms. The van der Waals surface area contributed by atoms with E-state index >= 15 is 0 Å². The molecule has 0 bridgehead atoms. The van der Waals surface area contributed by atoms with Gasteiger partial charge in [-0.05, 0) is 12.3 Å². The van der Waals surface area contributed by atoms with Crippen molar-refractivity contribution >= 4 is 11.9 Å². The first-order chi connectivity index (χ1) is 11.2. The average Bonchev–Trinajstić information content (AvgIpc) is 2.93. The van der Waals surface area contributed by atoms with Gasteiger partial charge in [-0.1, -0.05) is 0 Å². The zero-order valence-corrected chi connectivity index (χ0v) is 12.4. The van der Waals surface area contributed by atoms with Crippen molar-refractivity contribution < 1.29 is 27.9 Å². The molecule has 3 rings (SSSR count). The molecule has 3 heterocycles. The quantitative estimate of drug-likeness (QED) is 0.875. The second kappa shape index (κ2) is 5.56. The van der Waals surface area contributed by atoms with Crippen LogP contribution in [0.1, 0.15) is 23.3 Å². The maximum Gasteiger partial charge on any atom is 0.437 e. The Bertz CT molecular complexity index is 693. The largest absolute Gasteiger partial charge is 0.477 e. The Kier molecular flexibility index (Phi) is 3.80. The fourth-order valence-electron chi connectivity index (χ4n) is 2.87. The minimum Gasteiger partial charge on any atom is -0.477 e. The molecule has 2 aliphatic heterocycles. The number of imidazole rings is 1. The van der Waals surface area contributed by atoms with Crippen LogP contribution in [0.5, 0.6) is 0 Å². The molecule has 0 radical (unpaired) electrons. The van der Waals surface area contributed by atoms with E-state index in [0.29, 0.717) is 13.0 Å². The van der Waals surface area contributed by atoms with Crippen molar-refractivity contribution in [1.29, 1.82) is 0 Å². The number of aromatic nitrogens is 2. The summed E-state index contributed by atoms with van der Waals surface area (Å²) in [6.07, 6.45) is -1.96. The fraction of sp³-hybridized carbons (Fsp3) is 0.615. The number of nitrogens with zero attached hydrogens (tertiary/aromatic N) is 5. The maximum absolute atomic E-state index is 12.8. The summed E-state index contributed by atoms with van der Waals surface area (Å²) in [6.45, 7) is 0.293. The van der Waals surface area contributed by atoms with Crippen LogP contribution in [-0.2, 0) is 11.3 Å². The maximum atomic E-state index is 12.8. The van der Waals surface area contributed by atoms with E-state index in [1.54, 1.807) is 0 Å². The van der Waals surface area contributed by atoms with Crippen molar-refractivity contribution in [2.45, 2.75) is 31.2 Å². The number of halogens is 3. The highest BCUT2D eigenvalue weighted by Crippen LogP contribution is 2.49. The third-order valence-corrected chi connectivity index (χ3v) is 4.24. The molecule has 8 nitrogen and oxygen atoms in total. The Balaban J connectivity index is 1.57. The fourth-order valence-corrected chi connectivity index (χ4v) is 2.87. The third-order valence-electron chi connectivity index (χ3n) is 4.24. The molecule has 0 saturated carbocycles. The average molecular weight is 345 g/mol. The topological polar surface area (TPSA) is 100 Å². The zero-order chi connectivity index (χ0) is 17.5. The van der Waals surface area contributed by atoms with Crippen LogP contribution < -0.4 is 0 Å². The normalized spacial score (nSPS) is 22.0. The molecule has 2 aliphatic rings. The molecule has 1 saturated heterocycles. The van der Waals surface area contributed by atoms with Crippen LogP contribution in [0.25, 0.3) is 0 Å². The lowest BCUT2D eigenvalue weighted by Gasteiger charge is -2.20. The van der Waals surface area contributed by atoms with E-state index in [4.69, 9.17) is 5.11 Å². The summed E-state index contributed by atoms with van der Waals surface area (Å²) in [7, 11) is 0. The highest BCUT2D eigenvalue weighted by Gasteiger charge is 2.64. The van der Waals surface area contributed by atoms with Crippen molar-refractivity contribution in [1.82, 2.24) is 14.5 Å². The lowest BCUT2D eigenvalue weighted by molar-refractivity contribution is -0.167. The molecule has 0 aliphatic carbocycles. The van der Waals surface area contributed by atoms with Gasteiger partial charge >= 0.3 is 12.1 Å². The van der Waals surface area contributed by atoms with Crippen molar-refractivity contribution in [2.24, 2.45) is 16.1 Å². The molecular formula is C13H14F3N5O3. The van der Waals surface area contributed by atoms with Gasteiger partial charge in [-0.3, -0.25) is 4.79 Å². The number of hydrogen-bond donors (Lipinski definition) is 1. The SMILES string of the molecule is O=C(O)c1cncn1CC(=O)N1CCC(CC2(C(F)(F)F)N=N2)C1. The highest BCUT2D eigenvalue weighted by atomic mass is 19.4. The standard InChI is InChI=1S/C13H14F3N5O3/c14-13(15,16)12(18-19-12)3-8-1-2-20(5-8)10(22)6-21-7-17-4-9(21)11(23)24/h4,7-8H,1-3,5-6H2,(H,23,24). The molecule has 0 aromatic carbocycles. The van der Waals surface area contributed by atoms with Gasteiger partial charge in [0.1, 0.15) is 12.2 Å². The number of amides is 1. The second-order valence-electron chi connectivity index (χ2n) is 5.92. The number of likely N-dealkylation sites (tertiary alicyclic amines) is 1. The first-order valence-corrected chi connectivity index (χ1v) is 7.24. The molecule has 1 aromatic heterocycles. The van der Waals surface area contributed by atoms with Gasteiger partial charge in [0.25, 0.3) is 5.66 Å². The minimum atomic E-state index is -4.50. The number of carboxylic acid groups (broad SMARTS) is 1. The Morgan fingerprint density at radius 2 is 2.08 bits per heavy atom. The first-order valence-electron chi connectivity index (χ1n) is 7.24. The lowest BCUT2D eigenvalue weighted by Crippen LogP contribution is -2.36. The van der Waals surface area contributed by atoms with Crippen molar-refractivity contribution in [3.8, 4) is 0 Å². The lowest BCUT2D eigenvalue weighted by atomic mass is 9.96. The monoisotopic (exact) mass is 345 g/mol. The molecule has 1 N–H and O–H groups in total. The van der Waals surface area contributed by atoms with Crippen LogP contribution in [-0.4, -0.2) is 56.4 Å². The number of hydrogen-bond acceptors (Lipinski definition) is 5. The van der Waals surface area contributed by atoms with Gasteiger partial charge in [0.2, 0.25) is 5.91 Å². The van der Waals surface area contributed by atoms with E-state index in [0.717, 1.165) is 6.20 Å². The van der Waals surface area contributed by atoms with Crippen LogP contribution in [0.3, 0.4) is 0 Å². The Hall–Kier alpha value is -2.46. The van der Waals surface area contributed by atoms with Gasteiger partial charge in [-0.15, -0.1) is 10.2 Å². The minimum absolute atomic E-state index is 0.120. The van der Waals surface area contributed by atoms with E-state index in [1.807, 2.05) is 0 Å². The Labute approximate surface area is 134 Å². The van der Waals surface area contributed by atoms with E-state index in [1.165, 1.54) is 15.8 Å². The molecule has 1 atom stereocenters. The third kappa shape index (κ3) is 2.97. The summed E-state index contributed by atoms with van der Waals surface area (Å²) in [5.41, 5.74) is -2.41. The molecule has 11 heteroatoms. The summed E-state index contributed by atoms with van der Waals surface area (Å²) in [5, 5.41) is 15.3. The van der Waals surface area contributed by atoms with Crippen LogP contribution >= 0.6 is 0 Å². The van der Waals surface area contributed by atoms with Gasteiger partial charge in [-0.2, -0.15) is 13.2 Å². The zero-order valence-electron chi connectivity index (χ0n) is 12.4. The number of aromatic carboxylic acids is 1. The molecule has 0 spiro atoms. The van der Waals surface area contributed by atoms with Gasteiger partial charge < -0.3 is 14.6 Å². The predicted octanol–water partition coefficient (Wildman–Crippen LogP) is 1.54. The number of carbonyl (C=O) groups excluding carboxylic acids is 1. The van der Waals surface area contributed by atoms with Gasteiger partial charge in [0.15, 0.2) is 0 Å². The molecular weight excluding hydrogens is 331 g/mol. The summed E-state index contributed by atoms with van der Waals surface area (Å²) >= 11 is 0. The van der Waals surface area contributed by atoms with Crippen LogP contribution in [0.2, 0.25) is 0 Å². The highest BCUT2D eigenvalue weighted by molar-refractivity contribution is 5.86. The van der Waals surface area contributed by atoms with Gasteiger partial charge in [-0.25, -0.2) is 9.78 Å². The number of rotatable bonds is 5. The predicted molar refractivity (Wildman–Crippen MR) is 72.1 cm³/mol. The van der Waals surface area contributed by atoms with Crippen molar-refractivity contribution in [2.75, 3.05) is 13.1 Å².